The molecule has 0 amide bonds. The largest absolute Gasteiger partial charge is 0.494 e. The molecule has 0 saturated heterocycles. The molecule has 1 atom stereocenters. The van der Waals surface area contributed by atoms with Gasteiger partial charge in [-0.15, -0.1) is 0 Å². The minimum absolute atomic E-state index is 0.102. The Morgan fingerprint density at radius 3 is 2.09 bits per heavy atom. The van der Waals surface area contributed by atoms with Crippen LogP contribution in [0.5, 0.6) is 5.75 Å². The molecular weight excluding hydrogens is 280 g/mol. The van der Waals surface area contributed by atoms with Crippen molar-refractivity contribution in [1.29, 1.82) is 0 Å². The molecule has 1 unspecified atom stereocenters. The fourth-order valence-electron chi connectivity index (χ4n) is 2.12. The molecule has 0 aromatic heterocycles. The fourth-order valence-corrected chi connectivity index (χ4v) is 2.12. The van der Waals surface area contributed by atoms with E-state index in [1.165, 1.54) is 6.92 Å². The Kier molecular flexibility index (Phi) is 4.94. The molecule has 1 N–H and O–H groups in total. The molecule has 4 heteroatoms. The summed E-state index contributed by atoms with van der Waals surface area (Å²) in [7, 11) is 0. The summed E-state index contributed by atoms with van der Waals surface area (Å²) in [5.41, 5.74) is -1.11. The van der Waals surface area contributed by atoms with Gasteiger partial charge in [0.05, 0.1) is 6.61 Å². The van der Waals surface area contributed by atoms with E-state index in [0.717, 1.165) is 0 Å². The van der Waals surface area contributed by atoms with Gasteiger partial charge in [0.2, 0.25) is 0 Å². The van der Waals surface area contributed by atoms with Crippen LogP contribution in [-0.4, -0.2) is 23.5 Å². The van der Waals surface area contributed by atoms with Crippen molar-refractivity contribution in [2.24, 2.45) is 5.41 Å². The third-order valence-corrected chi connectivity index (χ3v) is 3.62. The number of carboxylic acids is 1. The Bertz CT molecular complexity index is 637. The highest BCUT2D eigenvalue weighted by molar-refractivity contribution is 6.11. The number of carbonyl (C=O) groups excluding carboxylic acids is 1. The molecule has 0 heterocycles. The van der Waals surface area contributed by atoms with Gasteiger partial charge in [-0.05, 0) is 19.1 Å². The van der Waals surface area contributed by atoms with E-state index in [2.05, 4.69) is 0 Å². The molecule has 4 nitrogen and oxygen atoms in total. The van der Waals surface area contributed by atoms with Gasteiger partial charge in [-0.1, -0.05) is 48.5 Å². The van der Waals surface area contributed by atoms with Gasteiger partial charge in [-0.25, -0.2) is 0 Å². The van der Waals surface area contributed by atoms with Gasteiger partial charge in [-0.2, -0.15) is 0 Å². The molecule has 0 spiro atoms. The Hall–Kier alpha value is -2.62. The summed E-state index contributed by atoms with van der Waals surface area (Å²) in [5, 5.41) is 9.49. The van der Waals surface area contributed by atoms with Gasteiger partial charge in [0, 0.05) is 12.0 Å². The van der Waals surface area contributed by atoms with Crippen molar-refractivity contribution in [2.75, 3.05) is 6.61 Å². The van der Waals surface area contributed by atoms with Crippen LogP contribution in [0.4, 0.5) is 0 Å². The summed E-state index contributed by atoms with van der Waals surface area (Å²) in [6.07, 6.45) is 0.102. The average molecular weight is 298 g/mol. The lowest BCUT2D eigenvalue weighted by molar-refractivity contribution is -0.145. The topological polar surface area (TPSA) is 63.6 Å². The Morgan fingerprint density at radius 1 is 1.00 bits per heavy atom. The number of carbonyl (C=O) groups is 2. The van der Waals surface area contributed by atoms with Gasteiger partial charge in [-0.3, -0.25) is 9.59 Å². The summed E-state index contributed by atoms with van der Waals surface area (Å²) in [6, 6.07) is 17.6. The van der Waals surface area contributed by atoms with Gasteiger partial charge < -0.3 is 9.84 Å². The van der Waals surface area contributed by atoms with E-state index < -0.39 is 17.2 Å². The fraction of sp³-hybridized carbons (Fsp3) is 0.222. The Labute approximate surface area is 129 Å². The Balaban J connectivity index is 2.08. The van der Waals surface area contributed by atoms with Gasteiger partial charge in [0.25, 0.3) is 0 Å². The molecular formula is C18H18O4. The van der Waals surface area contributed by atoms with Crippen molar-refractivity contribution in [3.05, 3.63) is 66.2 Å². The zero-order chi connectivity index (χ0) is 16.0. The monoisotopic (exact) mass is 298 g/mol. The predicted molar refractivity (Wildman–Crippen MR) is 83.1 cm³/mol. The second-order valence-corrected chi connectivity index (χ2v) is 5.24. The zero-order valence-electron chi connectivity index (χ0n) is 12.4. The van der Waals surface area contributed by atoms with E-state index in [4.69, 9.17) is 4.74 Å². The van der Waals surface area contributed by atoms with Crippen molar-refractivity contribution in [3.8, 4) is 5.75 Å². The maximum atomic E-state index is 12.5. The maximum Gasteiger partial charge on any atom is 0.317 e. The van der Waals surface area contributed by atoms with Crippen molar-refractivity contribution in [3.63, 3.8) is 0 Å². The number of Topliss-reactive ketones (excluding diaryl/α,β-unsaturated/α-hetero) is 1. The molecule has 0 aliphatic rings. The molecule has 22 heavy (non-hydrogen) atoms. The van der Waals surface area contributed by atoms with E-state index >= 15 is 0 Å². The molecule has 0 fully saturated rings. The zero-order valence-corrected chi connectivity index (χ0v) is 12.4. The van der Waals surface area contributed by atoms with E-state index in [0.29, 0.717) is 11.3 Å². The van der Waals surface area contributed by atoms with Crippen LogP contribution in [-0.2, 0) is 4.79 Å². The minimum atomic E-state index is -1.50. The number of hydrogen-bond acceptors (Lipinski definition) is 3. The highest BCUT2D eigenvalue weighted by Gasteiger charge is 2.41. The van der Waals surface area contributed by atoms with Crippen LogP contribution in [0, 0.1) is 5.41 Å². The average Bonchev–Trinajstić information content (AvgIpc) is 2.55. The van der Waals surface area contributed by atoms with Gasteiger partial charge in [0.1, 0.15) is 11.2 Å². The number of carboxylic acid groups (broad SMARTS) is 1. The first-order valence-electron chi connectivity index (χ1n) is 7.05. The van der Waals surface area contributed by atoms with Crippen LogP contribution in [0.15, 0.2) is 60.7 Å². The first-order valence-corrected chi connectivity index (χ1v) is 7.05. The second kappa shape index (κ2) is 6.89. The third kappa shape index (κ3) is 3.52. The predicted octanol–water partition coefficient (Wildman–Crippen LogP) is 3.43. The molecule has 2 aromatic rings. The summed E-state index contributed by atoms with van der Waals surface area (Å²) in [5.74, 6) is -0.891. The highest BCUT2D eigenvalue weighted by Crippen LogP contribution is 2.27. The van der Waals surface area contributed by atoms with Crippen LogP contribution in [0.2, 0.25) is 0 Å². The summed E-state index contributed by atoms with van der Waals surface area (Å²) < 4.78 is 5.52. The van der Waals surface area contributed by atoms with Crippen molar-refractivity contribution < 1.29 is 19.4 Å². The van der Waals surface area contributed by atoms with E-state index in [-0.39, 0.29) is 13.0 Å². The summed E-state index contributed by atoms with van der Waals surface area (Å²) in [6.45, 7) is 1.60. The molecule has 2 rings (SSSR count). The van der Waals surface area contributed by atoms with Gasteiger partial charge in [0.15, 0.2) is 5.78 Å². The number of benzene rings is 2. The standard InChI is InChI=1S/C18H18O4/c1-18(17(20)21,16(19)14-8-4-2-5-9-14)12-13-22-15-10-6-3-7-11-15/h2-11H,12-13H2,1H3,(H,20,21). The van der Waals surface area contributed by atoms with E-state index in [9.17, 15) is 14.7 Å². The minimum Gasteiger partial charge on any atom is -0.494 e. The third-order valence-electron chi connectivity index (χ3n) is 3.62. The second-order valence-electron chi connectivity index (χ2n) is 5.24. The lowest BCUT2D eigenvalue weighted by atomic mass is 9.79. The van der Waals surface area contributed by atoms with Crippen LogP contribution in [0.1, 0.15) is 23.7 Å². The number of hydrogen-bond donors (Lipinski definition) is 1. The number of rotatable bonds is 7. The smallest absolute Gasteiger partial charge is 0.317 e. The Morgan fingerprint density at radius 2 is 1.55 bits per heavy atom. The quantitative estimate of drug-likeness (QED) is 0.628. The van der Waals surface area contributed by atoms with Crippen LogP contribution in [0.3, 0.4) is 0 Å². The van der Waals surface area contributed by atoms with Crippen LogP contribution < -0.4 is 4.74 Å². The van der Waals surface area contributed by atoms with E-state index in [1.807, 2.05) is 18.2 Å². The maximum absolute atomic E-state index is 12.5. The molecule has 0 saturated carbocycles. The number of ketones is 1. The molecule has 114 valence electrons. The lowest BCUT2D eigenvalue weighted by Gasteiger charge is -2.23. The normalized spacial score (nSPS) is 13.1. The summed E-state index contributed by atoms with van der Waals surface area (Å²) >= 11 is 0. The molecule has 0 bridgehead atoms. The van der Waals surface area contributed by atoms with Crippen molar-refractivity contribution >= 4 is 11.8 Å². The number of aliphatic carboxylic acids is 1. The molecule has 0 aliphatic heterocycles. The first-order chi connectivity index (χ1) is 10.5. The molecule has 2 aromatic carbocycles. The highest BCUT2D eigenvalue weighted by atomic mass is 16.5. The van der Waals surface area contributed by atoms with Crippen molar-refractivity contribution in [1.82, 2.24) is 0 Å². The molecule has 0 radical (unpaired) electrons. The van der Waals surface area contributed by atoms with Crippen LogP contribution in [0.25, 0.3) is 0 Å². The van der Waals surface area contributed by atoms with Crippen LogP contribution >= 0.6 is 0 Å². The first kappa shape index (κ1) is 15.8. The number of para-hydroxylation sites is 1. The van der Waals surface area contributed by atoms with Crippen molar-refractivity contribution in [2.45, 2.75) is 13.3 Å². The molecule has 0 aliphatic carbocycles. The van der Waals surface area contributed by atoms with Gasteiger partial charge >= 0.3 is 5.97 Å². The lowest BCUT2D eigenvalue weighted by Crippen LogP contribution is -2.38. The number of ether oxygens (including phenoxy) is 1. The summed E-state index contributed by atoms with van der Waals surface area (Å²) in [4.78, 5) is 24.1. The SMILES string of the molecule is CC(CCOc1ccccc1)(C(=O)O)C(=O)c1ccccc1. The van der Waals surface area contributed by atoms with E-state index in [1.54, 1.807) is 42.5 Å².